The van der Waals surface area contributed by atoms with Gasteiger partial charge in [-0.2, -0.15) is 4.72 Å². The molecule has 1 amide bonds. The van der Waals surface area contributed by atoms with Crippen molar-refractivity contribution in [3.63, 3.8) is 0 Å². The Hall–Kier alpha value is -1.64. The number of benzene rings is 1. The highest BCUT2D eigenvalue weighted by Gasteiger charge is 2.50. The minimum atomic E-state index is -3.86. The monoisotopic (exact) mass is 360 g/mol. The Bertz CT molecular complexity index is 713. The van der Waals surface area contributed by atoms with Gasteiger partial charge in [-0.3, -0.25) is 9.59 Å². The molecule has 0 aromatic heterocycles. The molecule has 1 saturated carbocycles. The van der Waals surface area contributed by atoms with Gasteiger partial charge >= 0.3 is 5.97 Å². The van der Waals surface area contributed by atoms with Crippen LogP contribution in [0.15, 0.2) is 29.2 Å². The van der Waals surface area contributed by atoms with Crippen molar-refractivity contribution in [2.75, 3.05) is 6.54 Å². The van der Waals surface area contributed by atoms with Gasteiger partial charge in [0.15, 0.2) is 0 Å². The molecule has 0 spiro atoms. The van der Waals surface area contributed by atoms with Gasteiger partial charge in [-0.1, -0.05) is 11.6 Å². The van der Waals surface area contributed by atoms with Gasteiger partial charge in [0, 0.05) is 11.6 Å². The second-order valence-corrected chi connectivity index (χ2v) is 7.75. The van der Waals surface area contributed by atoms with Crippen LogP contribution in [-0.4, -0.2) is 38.0 Å². The third kappa shape index (κ3) is 4.21. The number of aliphatic carboxylic acids is 1. The average molecular weight is 361 g/mol. The standard InChI is InChI=1S/C14H17ClN2O5S/c1-9(12(18)16-8-14(6-7-14)13(19)20)17-23(21,22)11-4-2-10(15)3-5-11/h2-5,9,17H,6-8H2,1H3,(H,16,18)(H,19,20). The van der Waals surface area contributed by atoms with Crippen molar-refractivity contribution in [2.45, 2.75) is 30.7 Å². The van der Waals surface area contributed by atoms with E-state index in [0.29, 0.717) is 17.9 Å². The number of rotatable bonds is 7. The van der Waals surface area contributed by atoms with Crippen molar-refractivity contribution in [2.24, 2.45) is 5.41 Å². The van der Waals surface area contributed by atoms with Crippen LogP contribution < -0.4 is 10.0 Å². The first kappa shape index (κ1) is 17.7. The summed E-state index contributed by atoms with van der Waals surface area (Å²) in [5.41, 5.74) is -0.898. The average Bonchev–Trinajstić information content (AvgIpc) is 3.26. The summed E-state index contributed by atoms with van der Waals surface area (Å²) in [5, 5.41) is 11.9. The smallest absolute Gasteiger partial charge is 0.311 e. The quantitative estimate of drug-likeness (QED) is 0.671. The first-order valence-corrected chi connectivity index (χ1v) is 8.81. The zero-order valence-electron chi connectivity index (χ0n) is 12.4. The second kappa shape index (κ2) is 6.46. The molecule has 7 nitrogen and oxygen atoms in total. The number of nitrogens with one attached hydrogen (secondary N) is 2. The lowest BCUT2D eigenvalue weighted by Gasteiger charge is -2.16. The molecule has 1 aromatic rings. The van der Waals surface area contributed by atoms with E-state index in [9.17, 15) is 18.0 Å². The Balaban J connectivity index is 1.95. The van der Waals surface area contributed by atoms with Crippen molar-refractivity contribution in [3.05, 3.63) is 29.3 Å². The fraction of sp³-hybridized carbons (Fsp3) is 0.429. The van der Waals surface area contributed by atoms with Gasteiger partial charge in [-0.05, 0) is 44.0 Å². The van der Waals surface area contributed by atoms with E-state index in [4.69, 9.17) is 16.7 Å². The van der Waals surface area contributed by atoms with E-state index in [1.54, 1.807) is 0 Å². The van der Waals surface area contributed by atoms with Crippen LogP contribution in [0.2, 0.25) is 5.02 Å². The molecule has 9 heteroatoms. The molecule has 0 aliphatic heterocycles. The summed E-state index contributed by atoms with van der Waals surface area (Å²) in [6, 6.07) is 4.51. The Kier molecular flexibility index (Phi) is 4.98. The van der Waals surface area contributed by atoms with Gasteiger partial charge in [-0.25, -0.2) is 8.42 Å². The summed E-state index contributed by atoms with van der Waals surface area (Å²) in [4.78, 5) is 23.0. The van der Waals surface area contributed by atoms with Crippen molar-refractivity contribution >= 4 is 33.5 Å². The van der Waals surface area contributed by atoms with Crippen LogP contribution in [0.1, 0.15) is 19.8 Å². The normalized spacial score (nSPS) is 17.3. The third-order valence-corrected chi connectivity index (χ3v) is 5.57. The highest BCUT2D eigenvalue weighted by Crippen LogP contribution is 2.45. The molecule has 1 fully saturated rings. The SMILES string of the molecule is CC(NS(=O)(=O)c1ccc(Cl)cc1)C(=O)NCC1(C(=O)O)CC1. The number of amides is 1. The van der Waals surface area contributed by atoms with Gasteiger partial charge in [0.25, 0.3) is 0 Å². The largest absolute Gasteiger partial charge is 0.481 e. The van der Waals surface area contributed by atoms with Crippen LogP contribution in [0, 0.1) is 5.41 Å². The van der Waals surface area contributed by atoms with Gasteiger partial charge in [0.05, 0.1) is 16.4 Å². The number of carboxylic acids is 1. The maximum Gasteiger partial charge on any atom is 0.311 e. The summed E-state index contributed by atoms with van der Waals surface area (Å²) in [6.07, 6.45) is 1.01. The lowest BCUT2D eigenvalue weighted by atomic mass is 10.1. The lowest BCUT2D eigenvalue weighted by Crippen LogP contribution is -2.46. The number of carbonyl (C=O) groups excluding carboxylic acids is 1. The maximum absolute atomic E-state index is 12.2. The van der Waals surface area contributed by atoms with Crippen LogP contribution >= 0.6 is 11.6 Å². The number of hydrogen-bond donors (Lipinski definition) is 3. The van der Waals surface area contributed by atoms with Crippen molar-refractivity contribution in [1.29, 1.82) is 0 Å². The van der Waals surface area contributed by atoms with E-state index in [1.807, 2.05) is 0 Å². The minimum absolute atomic E-state index is 0.00577. The number of carbonyl (C=O) groups is 2. The van der Waals surface area contributed by atoms with Gasteiger partial charge in [-0.15, -0.1) is 0 Å². The van der Waals surface area contributed by atoms with Crippen molar-refractivity contribution in [3.8, 4) is 0 Å². The predicted molar refractivity (Wildman–Crippen MR) is 83.5 cm³/mol. The van der Waals surface area contributed by atoms with Crippen LogP contribution in [0.4, 0.5) is 0 Å². The van der Waals surface area contributed by atoms with E-state index in [-0.39, 0.29) is 11.4 Å². The molecule has 0 saturated heterocycles. The van der Waals surface area contributed by atoms with E-state index in [1.165, 1.54) is 31.2 Å². The van der Waals surface area contributed by atoms with Crippen LogP contribution in [0.5, 0.6) is 0 Å². The summed E-state index contributed by atoms with van der Waals surface area (Å²) in [6.45, 7) is 1.39. The molecule has 1 aromatic carbocycles. The summed E-state index contributed by atoms with van der Waals surface area (Å²) >= 11 is 5.71. The van der Waals surface area contributed by atoms with Crippen molar-refractivity contribution in [1.82, 2.24) is 10.0 Å². The molecule has 3 N–H and O–H groups in total. The molecular weight excluding hydrogens is 344 g/mol. The molecular formula is C14H17ClN2O5S. The molecule has 2 rings (SSSR count). The van der Waals surface area contributed by atoms with Crippen LogP contribution in [0.3, 0.4) is 0 Å². The molecule has 0 radical (unpaired) electrons. The Morgan fingerprint density at radius 1 is 1.30 bits per heavy atom. The zero-order valence-corrected chi connectivity index (χ0v) is 13.9. The molecule has 1 aliphatic rings. The Labute approximate surface area is 139 Å². The van der Waals surface area contributed by atoms with Crippen molar-refractivity contribution < 1.29 is 23.1 Å². The first-order chi connectivity index (χ1) is 10.7. The molecule has 1 unspecified atom stereocenters. The summed E-state index contributed by atoms with van der Waals surface area (Å²) in [7, 11) is -3.86. The fourth-order valence-corrected chi connectivity index (χ4v) is 3.32. The molecule has 0 bridgehead atoms. The third-order valence-electron chi connectivity index (χ3n) is 3.76. The zero-order chi connectivity index (χ0) is 17.3. The summed E-state index contributed by atoms with van der Waals surface area (Å²) < 4.78 is 26.6. The highest BCUT2D eigenvalue weighted by molar-refractivity contribution is 7.89. The lowest BCUT2D eigenvalue weighted by molar-refractivity contribution is -0.143. The highest BCUT2D eigenvalue weighted by atomic mass is 35.5. The molecule has 0 heterocycles. The van der Waals surface area contributed by atoms with E-state index < -0.39 is 33.4 Å². The van der Waals surface area contributed by atoms with Gasteiger partial charge < -0.3 is 10.4 Å². The fourth-order valence-electron chi connectivity index (χ4n) is 1.99. The predicted octanol–water partition coefficient (Wildman–Crippen LogP) is 0.988. The van der Waals surface area contributed by atoms with E-state index in [2.05, 4.69) is 10.0 Å². The van der Waals surface area contributed by atoms with Gasteiger partial charge in [0.1, 0.15) is 0 Å². The first-order valence-electron chi connectivity index (χ1n) is 6.95. The minimum Gasteiger partial charge on any atom is -0.481 e. The number of hydrogen-bond acceptors (Lipinski definition) is 4. The van der Waals surface area contributed by atoms with E-state index in [0.717, 1.165) is 0 Å². The summed E-state index contributed by atoms with van der Waals surface area (Å²) in [5.74, 6) is -1.53. The number of halogens is 1. The van der Waals surface area contributed by atoms with Crippen LogP contribution in [0.25, 0.3) is 0 Å². The number of carboxylic acid groups (broad SMARTS) is 1. The molecule has 126 valence electrons. The molecule has 23 heavy (non-hydrogen) atoms. The second-order valence-electron chi connectivity index (χ2n) is 5.60. The molecule has 1 atom stereocenters. The topological polar surface area (TPSA) is 113 Å². The Morgan fingerprint density at radius 2 is 1.87 bits per heavy atom. The van der Waals surface area contributed by atoms with Crippen LogP contribution in [-0.2, 0) is 19.6 Å². The van der Waals surface area contributed by atoms with E-state index >= 15 is 0 Å². The van der Waals surface area contributed by atoms with Gasteiger partial charge in [0.2, 0.25) is 15.9 Å². The molecule has 1 aliphatic carbocycles. The Morgan fingerprint density at radius 3 is 2.35 bits per heavy atom. The maximum atomic E-state index is 12.2. The number of sulfonamides is 1.